The Morgan fingerprint density at radius 1 is 1.17 bits per heavy atom. The zero-order valence-corrected chi connectivity index (χ0v) is 14.8. The second kappa shape index (κ2) is 8.70. The van der Waals surface area contributed by atoms with Crippen molar-refractivity contribution in [2.75, 3.05) is 0 Å². The van der Waals surface area contributed by atoms with Gasteiger partial charge in [0.1, 0.15) is 6.10 Å². The predicted molar refractivity (Wildman–Crippen MR) is 91.1 cm³/mol. The van der Waals surface area contributed by atoms with E-state index in [2.05, 4.69) is 6.92 Å². The zero-order chi connectivity index (χ0) is 17.6. The van der Waals surface area contributed by atoms with E-state index in [1.807, 2.05) is 27.7 Å². The SMILES string of the molecule is CCCCC(OC(=O)c1cc(CC)c(C)cc1C(=O)O)C(C)C. The van der Waals surface area contributed by atoms with E-state index in [4.69, 9.17) is 4.74 Å². The Bertz CT molecular complexity index is 561. The number of carbonyl (C=O) groups is 2. The second-order valence-corrected chi connectivity index (χ2v) is 6.31. The molecule has 0 aliphatic carbocycles. The molecule has 4 heteroatoms. The predicted octanol–water partition coefficient (Wildman–Crippen LogP) is 4.63. The highest BCUT2D eigenvalue weighted by Gasteiger charge is 2.24. The van der Waals surface area contributed by atoms with Crippen LogP contribution in [0.25, 0.3) is 0 Å². The normalized spacial score (nSPS) is 12.3. The van der Waals surface area contributed by atoms with Gasteiger partial charge in [0, 0.05) is 0 Å². The molecular formula is C19H28O4. The van der Waals surface area contributed by atoms with Crippen molar-refractivity contribution >= 4 is 11.9 Å². The number of aromatic carboxylic acids is 1. The Morgan fingerprint density at radius 2 is 1.83 bits per heavy atom. The summed E-state index contributed by atoms with van der Waals surface area (Å²) in [7, 11) is 0. The van der Waals surface area contributed by atoms with Crippen molar-refractivity contribution < 1.29 is 19.4 Å². The minimum atomic E-state index is -1.10. The van der Waals surface area contributed by atoms with Gasteiger partial charge in [0.05, 0.1) is 11.1 Å². The van der Waals surface area contributed by atoms with Crippen molar-refractivity contribution in [1.29, 1.82) is 0 Å². The summed E-state index contributed by atoms with van der Waals surface area (Å²) in [5, 5.41) is 9.38. The van der Waals surface area contributed by atoms with Gasteiger partial charge in [-0.05, 0) is 48.9 Å². The molecule has 0 fully saturated rings. The monoisotopic (exact) mass is 320 g/mol. The first-order chi connectivity index (χ1) is 10.8. The number of unbranched alkanes of at least 4 members (excludes halogenated alkanes) is 1. The number of aryl methyl sites for hydroxylation is 2. The summed E-state index contributed by atoms with van der Waals surface area (Å²) in [5.74, 6) is -1.43. The molecule has 0 aromatic heterocycles. The van der Waals surface area contributed by atoms with Gasteiger partial charge in [-0.25, -0.2) is 9.59 Å². The Kier molecular flexibility index (Phi) is 7.27. The van der Waals surface area contributed by atoms with Crippen LogP contribution in [-0.2, 0) is 11.2 Å². The number of hydrogen-bond acceptors (Lipinski definition) is 3. The molecule has 0 saturated carbocycles. The number of carboxylic acids is 1. The van der Waals surface area contributed by atoms with Crippen LogP contribution in [0.1, 0.15) is 78.8 Å². The molecule has 4 nitrogen and oxygen atoms in total. The van der Waals surface area contributed by atoms with Crippen LogP contribution in [-0.4, -0.2) is 23.1 Å². The number of ether oxygens (including phenoxy) is 1. The van der Waals surface area contributed by atoms with Gasteiger partial charge in [-0.2, -0.15) is 0 Å². The number of carbonyl (C=O) groups excluding carboxylic acids is 1. The third kappa shape index (κ3) is 5.08. The molecule has 0 aliphatic heterocycles. The number of benzene rings is 1. The van der Waals surface area contributed by atoms with Gasteiger partial charge in [0.25, 0.3) is 0 Å². The molecule has 0 radical (unpaired) electrons. The lowest BCUT2D eigenvalue weighted by atomic mass is 9.97. The van der Waals surface area contributed by atoms with Crippen LogP contribution in [0, 0.1) is 12.8 Å². The van der Waals surface area contributed by atoms with E-state index in [0.717, 1.165) is 36.8 Å². The first-order valence-electron chi connectivity index (χ1n) is 8.39. The Labute approximate surface area is 138 Å². The minimum Gasteiger partial charge on any atom is -0.478 e. The first kappa shape index (κ1) is 19.2. The Hall–Kier alpha value is -1.84. The number of carboxylic acid groups (broad SMARTS) is 1. The van der Waals surface area contributed by atoms with Crippen LogP contribution in [0.4, 0.5) is 0 Å². The topological polar surface area (TPSA) is 63.6 Å². The maximum absolute atomic E-state index is 12.5. The molecule has 128 valence electrons. The number of esters is 1. The van der Waals surface area contributed by atoms with Gasteiger partial charge >= 0.3 is 11.9 Å². The second-order valence-electron chi connectivity index (χ2n) is 6.31. The van der Waals surface area contributed by atoms with Crippen molar-refractivity contribution in [2.24, 2.45) is 5.92 Å². The molecule has 23 heavy (non-hydrogen) atoms. The molecule has 0 saturated heterocycles. The molecular weight excluding hydrogens is 292 g/mol. The van der Waals surface area contributed by atoms with Gasteiger partial charge in [0.2, 0.25) is 0 Å². The summed E-state index contributed by atoms with van der Waals surface area (Å²) >= 11 is 0. The Morgan fingerprint density at radius 3 is 2.30 bits per heavy atom. The van der Waals surface area contributed by atoms with Crippen molar-refractivity contribution in [3.8, 4) is 0 Å². The van der Waals surface area contributed by atoms with Gasteiger partial charge in [-0.15, -0.1) is 0 Å². The highest BCUT2D eigenvalue weighted by molar-refractivity contribution is 6.02. The summed E-state index contributed by atoms with van der Waals surface area (Å²) in [6, 6.07) is 3.23. The van der Waals surface area contributed by atoms with E-state index in [1.165, 1.54) is 0 Å². The van der Waals surface area contributed by atoms with Crippen LogP contribution < -0.4 is 0 Å². The standard InChI is InChI=1S/C19H28O4/c1-6-8-9-17(12(3)4)23-19(22)16-11-14(7-2)13(5)10-15(16)18(20)21/h10-12,17H,6-9H2,1-5H3,(H,20,21). The average Bonchev–Trinajstić information content (AvgIpc) is 2.50. The lowest BCUT2D eigenvalue weighted by molar-refractivity contribution is 0.0148. The lowest BCUT2D eigenvalue weighted by Crippen LogP contribution is -2.25. The largest absolute Gasteiger partial charge is 0.478 e. The van der Waals surface area contributed by atoms with Crippen molar-refractivity contribution in [3.63, 3.8) is 0 Å². The van der Waals surface area contributed by atoms with E-state index in [9.17, 15) is 14.7 Å². The van der Waals surface area contributed by atoms with Crippen LogP contribution in [0.5, 0.6) is 0 Å². The third-order valence-electron chi connectivity index (χ3n) is 4.15. The fourth-order valence-electron chi connectivity index (χ4n) is 2.61. The molecule has 1 atom stereocenters. The quantitative estimate of drug-likeness (QED) is 0.709. The average molecular weight is 320 g/mol. The molecule has 0 bridgehead atoms. The summed E-state index contributed by atoms with van der Waals surface area (Å²) in [6.45, 7) is 9.96. The van der Waals surface area contributed by atoms with Crippen molar-refractivity contribution in [1.82, 2.24) is 0 Å². The maximum Gasteiger partial charge on any atom is 0.339 e. The number of hydrogen-bond donors (Lipinski definition) is 1. The van der Waals surface area contributed by atoms with Crippen LogP contribution in [0.15, 0.2) is 12.1 Å². The zero-order valence-electron chi connectivity index (χ0n) is 14.8. The fourth-order valence-corrected chi connectivity index (χ4v) is 2.61. The van der Waals surface area contributed by atoms with Gasteiger partial charge < -0.3 is 9.84 Å². The van der Waals surface area contributed by atoms with E-state index in [0.29, 0.717) is 0 Å². The molecule has 0 heterocycles. The lowest BCUT2D eigenvalue weighted by Gasteiger charge is -2.22. The van der Waals surface area contributed by atoms with Gasteiger partial charge in [-0.3, -0.25) is 0 Å². The van der Waals surface area contributed by atoms with Gasteiger partial charge in [0.15, 0.2) is 0 Å². The molecule has 1 aromatic rings. The van der Waals surface area contributed by atoms with Crippen LogP contribution in [0.2, 0.25) is 0 Å². The molecule has 1 rings (SSSR count). The van der Waals surface area contributed by atoms with Crippen LogP contribution in [0.3, 0.4) is 0 Å². The molecule has 1 N–H and O–H groups in total. The maximum atomic E-state index is 12.5. The van der Waals surface area contributed by atoms with E-state index < -0.39 is 11.9 Å². The van der Waals surface area contributed by atoms with Crippen molar-refractivity contribution in [2.45, 2.75) is 66.4 Å². The summed E-state index contributed by atoms with van der Waals surface area (Å²) < 4.78 is 5.63. The van der Waals surface area contributed by atoms with E-state index >= 15 is 0 Å². The molecule has 0 amide bonds. The minimum absolute atomic E-state index is 0.0164. The first-order valence-corrected chi connectivity index (χ1v) is 8.39. The van der Waals surface area contributed by atoms with Crippen molar-refractivity contribution in [3.05, 3.63) is 34.4 Å². The third-order valence-corrected chi connectivity index (χ3v) is 4.15. The molecule has 1 aromatic carbocycles. The summed E-state index contributed by atoms with van der Waals surface area (Å²) in [6.07, 6.45) is 3.38. The van der Waals surface area contributed by atoms with Crippen LogP contribution >= 0.6 is 0 Å². The molecule has 0 spiro atoms. The van der Waals surface area contributed by atoms with E-state index in [-0.39, 0.29) is 23.1 Å². The molecule has 0 aliphatic rings. The molecule has 1 unspecified atom stereocenters. The Balaban J connectivity index is 3.12. The van der Waals surface area contributed by atoms with Gasteiger partial charge in [-0.1, -0.05) is 40.5 Å². The summed E-state index contributed by atoms with van der Waals surface area (Å²) in [5.41, 5.74) is 2.02. The smallest absolute Gasteiger partial charge is 0.339 e. The fraction of sp³-hybridized carbons (Fsp3) is 0.579. The van der Waals surface area contributed by atoms with E-state index in [1.54, 1.807) is 12.1 Å². The summed E-state index contributed by atoms with van der Waals surface area (Å²) in [4.78, 5) is 24.0. The highest BCUT2D eigenvalue weighted by atomic mass is 16.5. The number of rotatable bonds is 8. The highest BCUT2D eigenvalue weighted by Crippen LogP contribution is 2.22.